The Labute approximate surface area is 103 Å². The summed E-state index contributed by atoms with van der Waals surface area (Å²) in [7, 11) is 0. The van der Waals surface area contributed by atoms with E-state index in [0.717, 1.165) is 12.1 Å². The average molecular weight is 290 g/mol. The third kappa shape index (κ3) is 2.83. The van der Waals surface area contributed by atoms with Crippen molar-refractivity contribution in [3.8, 4) is 0 Å². The zero-order chi connectivity index (χ0) is 14.9. The molecule has 0 aliphatic rings. The highest BCUT2D eigenvalue weighted by Gasteiger charge is 2.73. The smallest absolute Gasteiger partial charge is 0.396 e. The normalized spacial score (nSPS) is 13.7. The van der Waals surface area contributed by atoms with Crippen LogP contribution in [0.15, 0.2) is 24.3 Å². The lowest BCUT2D eigenvalue weighted by Crippen LogP contribution is -2.50. The molecule has 0 saturated heterocycles. The standard InChI is InChI=1S/C11H9F7O/c12-9(13,10(14,15)11(16,17)18)8-3-1-7(2-4-8)5-6-19/h1-4,19H,5-6H2. The molecule has 1 N–H and O–H groups in total. The number of benzene rings is 1. The number of rotatable bonds is 4. The summed E-state index contributed by atoms with van der Waals surface area (Å²) in [6.07, 6.45) is -6.26. The lowest BCUT2D eigenvalue weighted by atomic mass is 10.00. The Morgan fingerprint density at radius 3 is 1.68 bits per heavy atom. The largest absolute Gasteiger partial charge is 0.460 e. The van der Waals surface area contributed by atoms with E-state index < -0.39 is 23.6 Å². The number of halogens is 7. The SMILES string of the molecule is OCCc1ccc(C(F)(F)C(F)(F)C(F)(F)F)cc1. The molecule has 0 radical (unpaired) electrons. The lowest BCUT2D eigenvalue weighted by Gasteiger charge is -2.28. The molecule has 0 saturated carbocycles. The van der Waals surface area contributed by atoms with Gasteiger partial charge in [-0.15, -0.1) is 0 Å². The van der Waals surface area contributed by atoms with E-state index in [4.69, 9.17) is 5.11 Å². The second-order valence-corrected chi connectivity index (χ2v) is 3.82. The van der Waals surface area contributed by atoms with Crippen LogP contribution >= 0.6 is 0 Å². The molecule has 108 valence electrons. The Hall–Kier alpha value is -1.31. The predicted molar refractivity (Wildman–Crippen MR) is 52.1 cm³/mol. The van der Waals surface area contributed by atoms with E-state index in [2.05, 4.69) is 0 Å². The molecule has 1 rings (SSSR count). The van der Waals surface area contributed by atoms with Crippen molar-refractivity contribution in [2.24, 2.45) is 0 Å². The molecule has 1 aromatic rings. The molecule has 8 heteroatoms. The Morgan fingerprint density at radius 1 is 0.842 bits per heavy atom. The van der Waals surface area contributed by atoms with Gasteiger partial charge in [0, 0.05) is 12.2 Å². The maximum absolute atomic E-state index is 13.2. The van der Waals surface area contributed by atoms with Crippen molar-refractivity contribution in [3.63, 3.8) is 0 Å². The second-order valence-electron chi connectivity index (χ2n) is 3.82. The van der Waals surface area contributed by atoms with Gasteiger partial charge in [0.25, 0.3) is 0 Å². The van der Waals surface area contributed by atoms with Crippen LogP contribution in [0.2, 0.25) is 0 Å². The second kappa shape index (κ2) is 4.99. The highest BCUT2D eigenvalue weighted by atomic mass is 19.4. The van der Waals surface area contributed by atoms with E-state index in [1.165, 1.54) is 0 Å². The number of alkyl halides is 7. The fourth-order valence-electron chi connectivity index (χ4n) is 1.37. The van der Waals surface area contributed by atoms with Gasteiger partial charge in [0.1, 0.15) is 0 Å². The molecule has 0 amide bonds. The van der Waals surface area contributed by atoms with Gasteiger partial charge in [-0.1, -0.05) is 24.3 Å². The van der Waals surface area contributed by atoms with Crippen molar-refractivity contribution < 1.29 is 35.8 Å². The zero-order valence-electron chi connectivity index (χ0n) is 9.32. The summed E-state index contributed by atoms with van der Waals surface area (Å²) in [5.74, 6) is -11.5. The van der Waals surface area contributed by atoms with E-state index in [1.807, 2.05) is 0 Å². The van der Waals surface area contributed by atoms with Gasteiger partial charge in [-0.05, 0) is 12.0 Å². The van der Waals surface area contributed by atoms with Gasteiger partial charge in [0.15, 0.2) is 0 Å². The summed E-state index contributed by atoms with van der Waals surface area (Å²) >= 11 is 0. The number of hydrogen-bond acceptors (Lipinski definition) is 1. The van der Waals surface area contributed by atoms with Crippen LogP contribution in [0.25, 0.3) is 0 Å². The maximum Gasteiger partial charge on any atom is 0.460 e. The first-order chi connectivity index (χ1) is 8.54. The predicted octanol–water partition coefficient (Wildman–Crippen LogP) is 3.51. The topological polar surface area (TPSA) is 20.2 Å². The van der Waals surface area contributed by atoms with Crippen LogP contribution in [0, 0.1) is 0 Å². The monoisotopic (exact) mass is 290 g/mol. The zero-order valence-corrected chi connectivity index (χ0v) is 9.32. The molecule has 0 aliphatic carbocycles. The van der Waals surface area contributed by atoms with Gasteiger partial charge < -0.3 is 5.11 Å². The summed E-state index contributed by atoms with van der Waals surface area (Å²) in [6, 6.07) is 2.91. The third-order valence-electron chi connectivity index (χ3n) is 2.47. The van der Waals surface area contributed by atoms with Gasteiger partial charge in [0.05, 0.1) is 0 Å². The van der Waals surface area contributed by atoms with E-state index in [-0.39, 0.29) is 13.0 Å². The first kappa shape index (κ1) is 15.7. The fraction of sp³-hybridized carbons (Fsp3) is 0.455. The number of hydrogen-bond donors (Lipinski definition) is 1. The molecule has 19 heavy (non-hydrogen) atoms. The molecule has 0 bridgehead atoms. The third-order valence-corrected chi connectivity index (χ3v) is 2.47. The Bertz CT molecular complexity index is 422. The molecule has 0 aliphatic heterocycles. The Kier molecular flexibility index (Phi) is 4.14. The van der Waals surface area contributed by atoms with Crippen molar-refractivity contribution in [3.05, 3.63) is 35.4 Å². The van der Waals surface area contributed by atoms with Crippen molar-refractivity contribution in [1.29, 1.82) is 0 Å². The van der Waals surface area contributed by atoms with Crippen LogP contribution < -0.4 is 0 Å². The first-order valence-electron chi connectivity index (χ1n) is 5.06. The van der Waals surface area contributed by atoms with Gasteiger partial charge in [-0.2, -0.15) is 30.7 Å². The van der Waals surface area contributed by atoms with E-state index >= 15 is 0 Å². The minimum absolute atomic E-state index is 0.0848. The van der Waals surface area contributed by atoms with Crippen molar-refractivity contribution in [2.45, 2.75) is 24.4 Å². The van der Waals surface area contributed by atoms with E-state index in [9.17, 15) is 30.7 Å². The van der Waals surface area contributed by atoms with Crippen molar-refractivity contribution in [2.75, 3.05) is 6.61 Å². The molecule has 1 nitrogen and oxygen atoms in total. The fourth-order valence-corrected chi connectivity index (χ4v) is 1.37. The van der Waals surface area contributed by atoms with E-state index in [0.29, 0.717) is 17.7 Å². The van der Waals surface area contributed by atoms with Gasteiger partial charge in [0.2, 0.25) is 0 Å². The molecule has 0 spiro atoms. The summed E-state index contributed by atoms with van der Waals surface area (Å²) < 4.78 is 87.8. The summed E-state index contributed by atoms with van der Waals surface area (Å²) in [5.41, 5.74) is -1.09. The first-order valence-corrected chi connectivity index (χ1v) is 5.06. The van der Waals surface area contributed by atoms with Crippen LogP contribution in [-0.4, -0.2) is 23.8 Å². The van der Waals surface area contributed by atoms with Crippen LogP contribution in [0.4, 0.5) is 30.7 Å². The van der Waals surface area contributed by atoms with Crippen molar-refractivity contribution in [1.82, 2.24) is 0 Å². The van der Waals surface area contributed by atoms with Crippen molar-refractivity contribution >= 4 is 0 Å². The minimum Gasteiger partial charge on any atom is -0.396 e. The molecule has 0 heterocycles. The summed E-state index contributed by atoms with van der Waals surface area (Å²) in [6.45, 7) is -0.297. The summed E-state index contributed by atoms with van der Waals surface area (Å²) in [4.78, 5) is 0. The highest BCUT2D eigenvalue weighted by molar-refractivity contribution is 5.28. The van der Waals surface area contributed by atoms with Gasteiger partial charge in [-0.3, -0.25) is 0 Å². The minimum atomic E-state index is -6.35. The lowest BCUT2D eigenvalue weighted by molar-refractivity contribution is -0.359. The molecule has 0 atom stereocenters. The molecule has 0 aromatic heterocycles. The number of aliphatic hydroxyl groups is 1. The molecule has 1 aromatic carbocycles. The van der Waals surface area contributed by atoms with Gasteiger partial charge >= 0.3 is 18.0 Å². The Balaban J connectivity index is 3.13. The highest BCUT2D eigenvalue weighted by Crippen LogP contribution is 2.51. The summed E-state index contributed by atoms with van der Waals surface area (Å²) in [5, 5.41) is 8.57. The van der Waals surface area contributed by atoms with Crippen LogP contribution in [0.3, 0.4) is 0 Å². The van der Waals surface area contributed by atoms with Crippen LogP contribution in [0.5, 0.6) is 0 Å². The number of aliphatic hydroxyl groups excluding tert-OH is 1. The average Bonchev–Trinajstić information content (AvgIpc) is 2.28. The maximum atomic E-state index is 13.2. The van der Waals surface area contributed by atoms with Crippen LogP contribution in [0.1, 0.15) is 11.1 Å². The quantitative estimate of drug-likeness (QED) is 0.841. The molecule has 0 unspecified atom stereocenters. The van der Waals surface area contributed by atoms with E-state index in [1.54, 1.807) is 0 Å². The molecular formula is C11H9F7O. The van der Waals surface area contributed by atoms with Crippen LogP contribution in [-0.2, 0) is 12.3 Å². The molecular weight excluding hydrogens is 281 g/mol. The molecule has 0 fully saturated rings. The van der Waals surface area contributed by atoms with Gasteiger partial charge in [-0.25, -0.2) is 0 Å². The Morgan fingerprint density at radius 2 is 1.32 bits per heavy atom.